The number of hydrogen-bond acceptors (Lipinski definition) is 5. The average molecular weight is 358 g/mol. The number of rotatable bonds is 6. The lowest BCUT2D eigenvalue weighted by atomic mass is 10.1. The van der Waals surface area contributed by atoms with Crippen LogP contribution in [0.4, 0.5) is 0 Å². The van der Waals surface area contributed by atoms with Crippen LogP contribution in [0.15, 0.2) is 59.1 Å². The first-order chi connectivity index (χ1) is 12.2. The number of carbonyl (C=O) groups is 1. The van der Waals surface area contributed by atoms with Crippen LogP contribution >= 0.6 is 11.6 Å². The van der Waals surface area contributed by atoms with E-state index in [0.29, 0.717) is 16.5 Å². The topological polar surface area (TPSA) is 61.6 Å². The van der Waals surface area contributed by atoms with Crippen LogP contribution < -0.4 is 4.74 Å². The zero-order chi connectivity index (χ0) is 17.6. The number of carbonyl (C=O) groups excluding carboxylic acids is 1. The highest BCUT2D eigenvalue weighted by Gasteiger charge is 2.11. The molecule has 3 aromatic rings. The van der Waals surface area contributed by atoms with Gasteiger partial charge in [0.1, 0.15) is 18.1 Å². The van der Waals surface area contributed by atoms with Crippen molar-refractivity contribution in [1.29, 1.82) is 0 Å². The molecule has 0 amide bonds. The Morgan fingerprint density at radius 2 is 1.92 bits per heavy atom. The van der Waals surface area contributed by atoms with E-state index in [1.54, 1.807) is 25.3 Å². The van der Waals surface area contributed by atoms with Crippen LogP contribution in [-0.4, -0.2) is 18.2 Å². The second-order valence-corrected chi connectivity index (χ2v) is 5.75. The van der Waals surface area contributed by atoms with Gasteiger partial charge in [0, 0.05) is 16.7 Å². The van der Waals surface area contributed by atoms with Crippen molar-refractivity contribution in [3.63, 3.8) is 0 Å². The third-order valence-electron chi connectivity index (χ3n) is 3.61. The molecule has 0 radical (unpaired) electrons. The monoisotopic (exact) mass is 357 g/mol. The Bertz CT molecular complexity index is 858. The number of benzene rings is 2. The molecule has 1 aromatic heterocycles. The number of aromatic nitrogens is 1. The summed E-state index contributed by atoms with van der Waals surface area (Å²) in [5.74, 6) is 0.985. The highest BCUT2D eigenvalue weighted by atomic mass is 35.5. The van der Waals surface area contributed by atoms with E-state index in [4.69, 9.17) is 25.6 Å². The average Bonchev–Trinajstić information content (AvgIpc) is 3.11. The molecule has 0 bridgehead atoms. The molecule has 0 aliphatic heterocycles. The molecule has 2 aromatic carbocycles. The fraction of sp³-hybridized carbons (Fsp3) is 0.158. The summed E-state index contributed by atoms with van der Waals surface area (Å²) in [4.78, 5) is 11.9. The van der Waals surface area contributed by atoms with Crippen molar-refractivity contribution < 1.29 is 18.8 Å². The van der Waals surface area contributed by atoms with Crippen LogP contribution in [0.3, 0.4) is 0 Å². The van der Waals surface area contributed by atoms with Crippen molar-refractivity contribution in [3.8, 4) is 17.1 Å². The van der Waals surface area contributed by atoms with E-state index in [9.17, 15) is 4.79 Å². The van der Waals surface area contributed by atoms with Gasteiger partial charge in [-0.2, -0.15) is 0 Å². The molecule has 0 aliphatic carbocycles. The van der Waals surface area contributed by atoms with Gasteiger partial charge in [0.25, 0.3) is 0 Å². The lowest BCUT2D eigenvalue weighted by molar-refractivity contribution is -0.144. The summed E-state index contributed by atoms with van der Waals surface area (Å²) in [6.07, 6.45) is 0.114. The summed E-state index contributed by atoms with van der Waals surface area (Å²) in [5.41, 5.74) is 2.13. The van der Waals surface area contributed by atoms with Crippen LogP contribution in [0.25, 0.3) is 11.3 Å². The van der Waals surface area contributed by atoms with E-state index in [1.165, 1.54) is 0 Å². The predicted molar refractivity (Wildman–Crippen MR) is 93.4 cm³/mol. The highest BCUT2D eigenvalue weighted by molar-refractivity contribution is 6.31. The molecule has 5 nitrogen and oxygen atoms in total. The van der Waals surface area contributed by atoms with E-state index in [2.05, 4.69) is 5.16 Å². The third kappa shape index (κ3) is 4.39. The lowest BCUT2D eigenvalue weighted by Crippen LogP contribution is -2.08. The van der Waals surface area contributed by atoms with E-state index >= 15 is 0 Å². The Hall–Kier alpha value is -2.79. The second-order valence-electron chi connectivity index (χ2n) is 5.34. The number of esters is 1. The van der Waals surface area contributed by atoms with Gasteiger partial charge < -0.3 is 14.0 Å². The molecule has 1 heterocycles. The Kier molecular flexibility index (Phi) is 5.36. The van der Waals surface area contributed by atoms with Crippen LogP contribution in [0.5, 0.6) is 5.75 Å². The second kappa shape index (κ2) is 7.85. The molecule has 0 N–H and O–H groups in total. The molecule has 0 fully saturated rings. The molecule has 3 rings (SSSR count). The van der Waals surface area contributed by atoms with Gasteiger partial charge in [0.15, 0.2) is 5.76 Å². The molecule has 128 valence electrons. The summed E-state index contributed by atoms with van der Waals surface area (Å²) in [6, 6.07) is 16.3. The zero-order valence-electron chi connectivity index (χ0n) is 13.6. The van der Waals surface area contributed by atoms with Crippen molar-refractivity contribution >= 4 is 17.6 Å². The number of ether oxygens (including phenoxy) is 2. The quantitative estimate of drug-likeness (QED) is 0.616. The molecule has 0 spiro atoms. The number of hydrogen-bond donors (Lipinski definition) is 0. The molecule has 25 heavy (non-hydrogen) atoms. The third-order valence-corrected chi connectivity index (χ3v) is 3.98. The maximum absolute atomic E-state index is 11.9. The molecule has 0 saturated carbocycles. The standard InChI is InChI=1S/C19H16ClNO4/c1-23-16-8-6-13(7-9-16)18-11-15(21-25-18)12-24-19(22)10-14-4-2-3-5-17(14)20/h2-9,11H,10,12H2,1H3. The first-order valence-electron chi connectivity index (χ1n) is 7.65. The van der Waals surface area contributed by atoms with Gasteiger partial charge in [0.05, 0.1) is 13.5 Å². The Morgan fingerprint density at radius 3 is 2.64 bits per heavy atom. The minimum absolute atomic E-state index is 0.0446. The van der Waals surface area contributed by atoms with Crippen molar-refractivity contribution in [2.24, 2.45) is 0 Å². The minimum Gasteiger partial charge on any atom is -0.497 e. The SMILES string of the molecule is COc1ccc(-c2cc(COC(=O)Cc3ccccc3Cl)no2)cc1. The predicted octanol–water partition coefficient (Wildman–Crippen LogP) is 4.29. The van der Waals surface area contributed by atoms with Crippen LogP contribution in [-0.2, 0) is 22.6 Å². The van der Waals surface area contributed by atoms with Crippen molar-refractivity contribution in [1.82, 2.24) is 5.16 Å². The lowest BCUT2D eigenvalue weighted by Gasteiger charge is -2.04. The summed E-state index contributed by atoms with van der Waals surface area (Å²) in [7, 11) is 1.61. The Morgan fingerprint density at radius 1 is 1.16 bits per heavy atom. The smallest absolute Gasteiger partial charge is 0.310 e. The largest absolute Gasteiger partial charge is 0.497 e. The summed E-state index contributed by atoms with van der Waals surface area (Å²) >= 11 is 6.03. The molecular weight excluding hydrogens is 342 g/mol. The number of methoxy groups -OCH3 is 1. The van der Waals surface area contributed by atoms with E-state index < -0.39 is 0 Å². The summed E-state index contributed by atoms with van der Waals surface area (Å²) in [5, 5.41) is 4.47. The van der Waals surface area contributed by atoms with Gasteiger partial charge in [0.2, 0.25) is 0 Å². The number of halogens is 1. The Labute approximate surface area is 150 Å². The number of nitrogens with zero attached hydrogens (tertiary/aromatic N) is 1. The van der Waals surface area contributed by atoms with Gasteiger partial charge in [-0.25, -0.2) is 0 Å². The van der Waals surface area contributed by atoms with Gasteiger partial charge in [-0.3, -0.25) is 4.79 Å². The fourth-order valence-corrected chi connectivity index (χ4v) is 2.48. The van der Waals surface area contributed by atoms with Gasteiger partial charge in [-0.15, -0.1) is 0 Å². The first-order valence-corrected chi connectivity index (χ1v) is 8.02. The minimum atomic E-state index is -0.373. The zero-order valence-corrected chi connectivity index (χ0v) is 14.3. The summed E-state index contributed by atoms with van der Waals surface area (Å²) < 4.78 is 15.6. The maximum atomic E-state index is 11.9. The Balaban J connectivity index is 1.58. The van der Waals surface area contributed by atoms with E-state index in [0.717, 1.165) is 16.9 Å². The van der Waals surface area contributed by atoms with Crippen LogP contribution in [0.1, 0.15) is 11.3 Å². The van der Waals surface area contributed by atoms with Crippen molar-refractivity contribution in [2.75, 3.05) is 7.11 Å². The summed E-state index contributed by atoms with van der Waals surface area (Å²) in [6.45, 7) is 0.0446. The molecule has 0 unspecified atom stereocenters. The van der Waals surface area contributed by atoms with Crippen molar-refractivity contribution in [2.45, 2.75) is 13.0 Å². The highest BCUT2D eigenvalue weighted by Crippen LogP contribution is 2.23. The normalized spacial score (nSPS) is 10.5. The molecule has 0 saturated heterocycles. The van der Waals surface area contributed by atoms with E-state index in [-0.39, 0.29) is 19.0 Å². The molecule has 0 aliphatic rings. The molecule has 6 heteroatoms. The fourth-order valence-electron chi connectivity index (χ4n) is 2.27. The molecule has 0 atom stereocenters. The molecular formula is C19H16ClNO4. The van der Waals surface area contributed by atoms with E-state index in [1.807, 2.05) is 36.4 Å². The van der Waals surface area contributed by atoms with Gasteiger partial charge in [-0.05, 0) is 35.9 Å². The van der Waals surface area contributed by atoms with Gasteiger partial charge >= 0.3 is 5.97 Å². The van der Waals surface area contributed by atoms with Crippen LogP contribution in [0, 0.1) is 0 Å². The van der Waals surface area contributed by atoms with Gasteiger partial charge in [-0.1, -0.05) is 35.0 Å². The van der Waals surface area contributed by atoms with Crippen LogP contribution in [0.2, 0.25) is 5.02 Å². The first kappa shape index (κ1) is 17.0. The maximum Gasteiger partial charge on any atom is 0.310 e. The van der Waals surface area contributed by atoms with Crippen molar-refractivity contribution in [3.05, 3.63) is 70.9 Å².